The number of ether oxygens (including phenoxy) is 3. The quantitative estimate of drug-likeness (QED) is 0.528. The molecule has 3 atom stereocenters. The SMILES string of the molecule is COC(=O)C1=C[C@H]2OC(C)(C)O[C@H]2[C@H](C=O)C1. The van der Waals surface area contributed by atoms with Crippen molar-refractivity contribution in [2.24, 2.45) is 5.92 Å². The van der Waals surface area contributed by atoms with Crippen LogP contribution < -0.4 is 0 Å². The summed E-state index contributed by atoms with van der Waals surface area (Å²) in [7, 11) is 1.32. The van der Waals surface area contributed by atoms with Crippen LogP contribution in [0.25, 0.3) is 0 Å². The topological polar surface area (TPSA) is 61.8 Å². The Morgan fingerprint density at radius 3 is 2.82 bits per heavy atom. The molecule has 0 aromatic heterocycles. The Morgan fingerprint density at radius 1 is 1.53 bits per heavy atom. The van der Waals surface area contributed by atoms with Crippen LogP contribution in [0.3, 0.4) is 0 Å². The van der Waals surface area contributed by atoms with Gasteiger partial charge in [0.15, 0.2) is 5.79 Å². The van der Waals surface area contributed by atoms with Crippen molar-refractivity contribution in [3.05, 3.63) is 11.6 Å². The zero-order chi connectivity index (χ0) is 12.6. The van der Waals surface area contributed by atoms with Gasteiger partial charge in [0.05, 0.1) is 7.11 Å². The third-order valence-electron chi connectivity index (χ3n) is 3.03. The monoisotopic (exact) mass is 240 g/mol. The minimum atomic E-state index is -0.724. The predicted molar refractivity (Wildman–Crippen MR) is 58.1 cm³/mol. The Morgan fingerprint density at radius 2 is 2.24 bits per heavy atom. The van der Waals surface area contributed by atoms with E-state index in [2.05, 4.69) is 4.74 Å². The molecule has 1 aliphatic heterocycles. The van der Waals surface area contributed by atoms with E-state index in [-0.39, 0.29) is 18.1 Å². The van der Waals surface area contributed by atoms with Gasteiger partial charge in [0.25, 0.3) is 0 Å². The van der Waals surface area contributed by atoms with E-state index in [1.165, 1.54) is 7.11 Å². The minimum Gasteiger partial charge on any atom is -0.466 e. The number of carbonyl (C=O) groups is 2. The molecule has 5 heteroatoms. The van der Waals surface area contributed by atoms with Gasteiger partial charge in [-0.05, 0) is 26.3 Å². The maximum atomic E-state index is 11.5. The largest absolute Gasteiger partial charge is 0.466 e. The molecule has 0 amide bonds. The Kier molecular flexibility index (Phi) is 3.05. The first-order valence-electron chi connectivity index (χ1n) is 5.57. The van der Waals surface area contributed by atoms with Crippen LogP contribution in [0, 0.1) is 5.92 Å². The summed E-state index contributed by atoms with van der Waals surface area (Å²) in [6, 6.07) is 0. The zero-order valence-corrected chi connectivity index (χ0v) is 10.1. The summed E-state index contributed by atoms with van der Waals surface area (Å²) in [5.41, 5.74) is 0.479. The molecule has 0 saturated carbocycles. The van der Waals surface area contributed by atoms with E-state index in [0.29, 0.717) is 12.0 Å². The zero-order valence-electron chi connectivity index (χ0n) is 10.1. The second-order valence-corrected chi connectivity index (χ2v) is 4.75. The molecule has 1 aliphatic carbocycles. The van der Waals surface area contributed by atoms with Gasteiger partial charge in [0.2, 0.25) is 0 Å². The summed E-state index contributed by atoms with van der Waals surface area (Å²) in [5.74, 6) is -1.50. The van der Waals surface area contributed by atoms with Gasteiger partial charge in [-0.25, -0.2) is 4.79 Å². The first-order chi connectivity index (χ1) is 7.96. The van der Waals surface area contributed by atoms with E-state index in [9.17, 15) is 9.59 Å². The Bertz CT molecular complexity index is 371. The van der Waals surface area contributed by atoms with Crippen LogP contribution in [0.15, 0.2) is 11.6 Å². The molecule has 0 aromatic carbocycles. The molecule has 0 radical (unpaired) electrons. The minimum absolute atomic E-state index is 0.309. The molecule has 1 fully saturated rings. The van der Waals surface area contributed by atoms with Crippen molar-refractivity contribution in [3.63, 3.8) is 0 Å². The van der Waals surface area contributed by atoms with Crippen LogP contribution in [0.4, 0.5) is 0 Å². The standard InChI is InChI=1S/C12H16O5/c1-12(2)16-9-5-7(11(14)15-3)4-8(6-13)10(9)17-12/h5-6,8-10H,4H2,1-3H3/t8-,9+,10-/m0/s1. The van der Waals surface area contributed by atoms with Crippen LogP contribution in [0.2, 0.25) is 0 Å². The van der Waals surface area contributed by atoms with Gasteiger partial charge >= 0.3 is 5.97 Å². The Labute approximate surface area is 99.7 Å². The van der Waals surface area contributed by atoms with Crippen molar-refractivity contribution >= 4 is 12.3 Å². The molecule has 2 rings (SSSR count). The van der Waals surface area contributed by atoms with Crippen LogP contribution in [0.1, 0.15) is 20.3 Å². The summed E-state index contributed by atoms with van der Waals surface area (Å²) >= 11 is 0. The number of carbonyl (C=O) groups excluding carboxylic acids is 2. The molecule has 94 valence electrons. The van der Waals surface area contributed by atoms with Gasteiger partial charge in [-0.1, -0.05) is 0 Å². The van der Waals surface area contributed by atoms with E-state index < -0.39 is 11.8 Å². The van der Waals surface area contributed by atoms with E-state index in [4.69, 9.17) is 9.47 Å². The number of hydrogen-bond acceptors (Lipinski definition) is 5. The van der Waals surface area contributed by atoms with Gasteiger partial charge in [-0.2, -0.15) is 0 Å². The summed E-state index contributed by atoms with van der Waals surface area (Å²) in [5, 5.41) is 0. The van der Waals surface area contributed by atoms with Gasteiger partial charge < -0.3 is 19.0 Å². The molecule has 0 N–H and O–H groups in total. The van der Waals surface area contributed by atoms with Gasteiger partial charge in [-0.15, -0.1) is 0 Å². The highest BCUT2D eigenvalue weighted by atomic mass is 16.8. The number of aldehydes is 1. The first-order valence-corrected chi connectivity index (χ1v) is 5.57. The highest BCUT2D eigenvalue weighted by Crippen LogP contribution is 2.38. The summed E-state index contributed by atoms with van der Waals surface area (Å²) in [6.07, 6.45) is 2.19. The van der Waals surface area contributed by atoms with Crippen LogP contribution in [0.5, 0.6) is 0 Å². The number of hydrogen-bond donors (Lipinski definition) is 0. The molecule has 1 saturated heterocycles. The van der Waals surface area contributed by atoms with Crippen molar-refractivity contribution in [1.82, 2.24) is 0 Å². The van der Waals surface area contributed by atoms with Gasteiger partial charge in [0.1, 0.15) is 18.5 Å². The predicted octanol–water partition coefficient (Wildman–Crippen LogP) is 0.825. The van der Waals surface area contributed by atoms with Crippen LogP contribution >= 0.6 is 0 Å². The third kappa shape index (κ3) is 2.25. The fraction of sp³-hybridized carbons (Fsp3) is 0.667. The number of fused-ring (bicyclic) bond motifs is 1. The lowest BCUT2D eigenvalue weighted by atomic mass is 9.85. The van der Waals surface area contributed by atoms with E-state index >= 15 is 0 Å². The van der Waals surface area contributed by atoms with Crippen molar-refractivity contribution in [3.8, 4) is 0 Å². The molecular formula is C12H16O5. The average molecular weight is 240 g/mol. The third-order valence-corrected chi connectivity index (χ3v) is 3.03. The van der Waals surface area contributed by atoms with Crippen molar-refractivity contribution in [2.45, 2.75) is 38.3 Å². The Balaban J connectivity index is 2.26. The highest BCUT2D eigenvalue weighted by molar-refractivity contribution is 5.89. The molecule has 17 heavy (non-hydrogen) atoms. The normalized spacial score (nSPS) is 34.8. The summed E-state index contributed by atoms with van der Waals surface area (Å²) in [6.45, 7) is 3.58. The lowest BCUT2D eigenvalue weighted by molar-refractivity contribution is -0.148. The summed E-state index contributed by atoms with van der Waals surface area (Å²) < 4.78 is 16.0. The van der Waals surface area contributed by atoms with Gasteiger partial charge in [-0.3, -0.25) is 0 Å². The fourth-order valence-corrected chi connectivity index (χ4v) is 2.32. The number of methoxy groups -OCH3 is 1. The molecular weight excluding hydrogens is 224 g/mol. The van der Waals surface area contributed by atoms with Crippen molar-refractivity contribution in [2.75, 3.05) is 7.11 Å². The van der Waals surface area contributed by atoms with E-state index in [1.54, 1.807) is 19.9 Å². The van der Waals surface area contributed by atoms with Crippen LogP contribution in [-0.4, -0.2) is 37.4 Å². The highest BCUT2D eigenvalue weighted by Gasteiger charge is 2.47. The van der Waals surface area contributed by atoms with Crippen LogP contribution in [-0.2, 0) is 23.8 Å². The van der Waals surface area contributed by atoms with E-state index in [0.717, 1.165) is 6.29 Å². The first kappa shape index (κ1) is 12.3. The van der Waals surface area contributed by atoms with E-state index in [1.807, 2.05) is 0 Å². The molecule has 0 aromatic rings. The molecule has 2 aliphatic rings. The van der Waals surface area contributed by atoms with Crippen molar-refractivity contribution < 1.29 is 23.8 Å². The maximum Gasteiger partial charge on any atom is 0.333 e. The lowest BCUT2D eigenvalue weighted by Crippen LogP contribution is -2.36. The summed E-state index contributed by atoms with van der Waals surface area (Å²) in [4.78, 5) is 22.5. The van der Waals surface area contributed by atoms with Gasteiger partial charge in [0, 0.05) is 11.5 Å². The molecule has 0 unspecified atom stereocenters. The van der Waals surface area contributed by atoms with Crippen molar-refractivity contribution in [1.29, 1.82) is 0 Å². The molecule has 5 nitrogen and oxygen atoms in total. The molecule has 1 heterocycles. The Hall–Kier alpha value is -1.20. The second-order valence-electron chi connectivity index (χ2n) is 4.75. The smallest absolute Gasteiger partial charge is 0.333 e. The molecule has 0 bridgehead atoms. The number of esters is 1. The fourth-order valence-electron chi connectivity index (χ4n) is 2.32. The second kappa shape index (κ2) is 4.23. The molecule has 0 spiro atoms. The maximum absolute atomic E-state index is 11.5. The lowest BCUT2D eigenvalue weighted by Gasteiger charge is -2.26. The average Bonchev–Trinajstić information content (AvgIpc) is 2.60. The number of rotatable bonds is 2.